The Morgan fingerprint density at radius 3 is 2.67 bits per heavy atom. The van der Waals surface area contributed by atoms with Crippen LogP contribution in [-0.4, -0.2) is 23.7 Å². The van der Waals surface area contributed by atoms with E-state index in [1.807, 2.05) is 6.07 Å². The molecule has 2 nitrogen and oxygen atoms in total. The maximum atomic E-state index is 5.76. The first kappa shape index (κ1) is 16.7. The largest absolute Gasteiger partial charge is 0.491 e. The summed E-state index contributed by atoms with van der Waals surface area (Å²) in [6, 6.07) is 8.44. The number of hydrogen-bond donors (Lipinski definition) is 1. The van der Waals surface area contributed by atoms with E-state index in [4.69, 9.17) is 4.74 Å². The molecule has 3 heteroatoms. The molecule has 0 saturated heterocycles. The van der Waals surface area contributed by atoms with Crippen LogP contribution in [0.2, 0.25) is 0 Å². The van der Waals surface area contributed by atoms with Crippen molar-refractivity contribution in [2.24, 2.45) is 0 Å². The first-order valence-electron chi connectivity index (χ1n) is 8.15. The molecule has 0 aromatic heterocycles. The predicted octanol–water partition coefficient (Wildman–Crippen LogP) is 4.63. The second-order valence-corrected chi connectivity index (χ2v) is 7.64. The van der Waals surface area contributed by atoms with Gasteiger partial charge < -0.3 is 10.1 Å². The SMILES string of the molecule is CSC1(CNCc2cccc(OC(C)C)c2)CCCCC1. The van der Waals surface area contributed by atoms with E-state index in [1.165, 1.54) is 37.7 Å². The molecule has 0 radical (unpaired) electrons. The molecule has 0 unspecified atom stereocenters. The first-order valence-corrected chi connectivity index (χ1v) is 9.37. The van der Waals surface area contributed by atoms with Crippen molar-refractivity contribution < 1.29 is 4.74 Å². The van der Waals surface area contributed by atoms with E-state index >= 15 is 0 Å². The molecule has 118 valence electrons. The van der Waals surface area contributed by atoms with Crippen LogP contribution in [0.3, 0.4) is 0 Å². The van der Waals surface area contributed by atoms with E-state index in [0.717, 1.165) is 18.8 Å². The zero-order valence-electron chi connectivity index (χ0n) is 13.7. The van der Waals surface area contributed by atoms with E-state index < -0.39 is 0 Å². The van der Waals surface area contributed by atoms with Crippen molar-refractivity contribution in [3.8, 4) is 5.75 Å². The number of hydrogen-bond acceptors (Lipinski definition) is 3. The van der Waals surface area contributed by atoms with Crippen molar-refractivity contribution >= 4 is 11.8 Å². The average Bonchev–Trinajstić information content (AvgIpc) is 2.48. The molecule has 1 fully saturated rings. The number of nitrogens with one attached hydrogen (secondary N) is 1. The summed E-state index contributed by atoms with van der Waals surface area (Å²) in [7, 11) is 0. The highest BCUT2D eigenvalue weighted by Crippen LogP contribution is 2.38. The van der Waals surface area contributed by atoms with Gasteiger partial charge in [-0.05, 0) is 50.6 Å². The zero-order chi connectivity index (χ0) is 15.1. The molecular weight excluding hydrogens is 278 g/mol. The summed E-state index contributed by atoms with van der Waals surface area (Å²) in [5.41, 5.74) is 1.31. The van der Waals surface area contributed by atoms with E-state index in [2.05, 4.69) is 55.4 Å². The van der Waals surface area contributed by atoms with Gasteiger partial charge in [0.1, 0.15) is 5.75 Å². The summed E-state index contributed by atoms with van der Waals surface area (Å²) >= 11 is 2.05. The van der Waals surface area contributed by atoms with Crippen molar-refractivity contribution in [3.63, 3.8) is 0 Å². The van der Waals surface area contributed by atoms with Gasteiger partial charge in [-0.2, -0.15) is 11.8 Å². The summed E-state index contributed by atoms with van der Waals surface area (Å²) in [6.07, 6.45) is 9.41. The van der Waals surface area contributed by atoms with E-state index in [-0.39, 0.29) is 6.10 Å². The molecule has 21 heavy (non-hydrogen) atoms. The molecule has 1 aromatic carbocycles. The molecule has 1 aliphatic rings. The van der Waals surface area contributed by atoms with Gasteiger partial charge in [-0.15, -0.1) is 0 Å². The van der Waals surface area contributed by atoms with E-state index in [0.29, 0.717) is 4.75 Å². The highest BCUT2D eigenvalue weighted by atomic mass is 32.2. The number of rotatable bonds is 7. The third kappa shape index (κ3) is 5.23. The Morgan fingerprint density at radius 1 is 1.24 bits per heavy atom. The molecule has 0 spiro atoms. The molecule has 0 aliphatic heterocycles. The fourth-order valence-corrected chi connectivity index (χ4v) is 4.03. The molecular formula is C18H29NOS. The zero-order valence-corrected chi connectivity index (χ0v) is 14.5. The maximum absolute atomic E-state index is 5.76. The van der Waals surface area contributed by atoms with Crippen LogP contribution >= 0.6 is 11.8 Å². The van der Waals surface area contributed by atoms with Crippen LogP contribution in [-0.2, 0) is 6.54 Å². The fourth-order valence-electron chi connectivity index (χ4n) is 3.08. The summed E-state index contributed by atoms with van der Waals surface area (Å²) < 4.78 is 6.22. The smallest absolute Gasteiger partial charge is 0.120 e. The third-order valence-electron chi connectivity index (χ3n) is 4.24. The van der Waals surface area contributed by atoms with Gasteiger partial charge in [0.05, 0.1) is 6.10 Å². The molecule has 2 rings (SSSR count). The maximum Gasteiger partial charge on any atom is 0.120 e. The minimum absolute atomic E-state index is 0.232. The van der Waals surface area contributed by atoms with Crippen molar-refractivity contribution in [3.05, 3.63) is 29.8 Å². The van der Waals surface area contributed by atoms with Crippen LogP contribution < -0.4 is 10.1 Å². The monoisotopic (exact) mass is 307 g/mol. The summed E-state index contributed by atoms with van der Waals surface area (Å²) in [5, 5.41) is 3.67. The lowest BCUT2D eigenvalue weighted by molar-refractivity contribution is 0.242. The second-order valence-electron chi connectivity index (χ2n) is 6.37. The predicted molar refractivity (Wildman–Crippen MR) is 93.2 cm³/mol. The Bertz CT molecular complexity index is 427. The summed E-state index contributed by atoms with van der Waals surface area (Å²) in [6.45, 7) is 6.17. The molecule has 0 bridgehead atoms. The van der Waals surface area contributed by atoms with Crippen LogP contribution in [0.15, 0.2) is 24.3 Å². The van der Waals surface area contributed by atoms with Gasteiger partial charge >= 0.3 is 0 Å². The first-order chi connectivity index (χ1) is 10.1. The Kier molecular flexibility index (Phi) is 6.43. The standard InChI is InChI=1S/C18H29NOS/c1-15(2)20-17-9-7-8-16(12-17)13-19-14-18(21-3)10-5-4-6-11-18/h7-9,12,15,19H,4-6,10-11,13-14H2,1-3H3. The molecule has 1 aromatic rings. The fraction of sp³-hybridized carbons (Fsp3) is 0.667. The van der Waals surface area contributed by atoms with Gasteiger partial charge in [0, 0.05) is 17.8 Å². The Labute approximate surface area is 134 Å². The van der Waals surface area contributed by atoms with Gasteiger partial charge in [0.25, 0.3) is 0 Å². The number of benzene rings is 1. The van der Waals surface area contributed by atoms with Crippen LogP contribution in [0.25, 0.3) is 0 Å². The Morgan fingerprint density at radius 2 is 2.00 bits per heavy atom. The van der Waals surface area contributed by atoms with Crippen LogP contribution in [0.5, 0.6) is 5.75 Å². The van der Waals surface area contributed by atoms with Gasteiger partial charge in [-0.3, -0.25) is 0 Å². The molecule has 0 atom stereocenters. The molecule has 0 amide bonds. The molecule has 1 N–H and O–H groups in total. The van der Waals surface area contributed by atoms with E-state index in [1.54, 1.807) is 0 Å². The molecule has 0 heterocycles. The Balaban J connectivity index is 1.85. The minimum atomic E-state index is 0.232. The van der Waals surface area contributed by atoms with Gasteiger partial charge in [-0.1, -0.05) is 31.4 Å². The average molecular weight is 308 g/mol. The highest BCUT2D eigenvalue weighted by Gasteiger charge is 2.30. The van der Waals surface area contributed by atoms with Crippen molar-refractivity contribution in [1.29, 1.82) is 0 Å². The second kappa shape index (κ2) is 8.09. The minimum Gasteiger partial charge on any atom is -0.491 e. The summed E-state index contributed by atoms with van der Waals surface area (Å²) in [5.74, 6) is 0.974. The Hall–Kier alpha value is -0.670. The number of thioether (sulfide) groups is 1. The van der Waals surface area contributed by atoms with Gasteiger partial charge in [0.2, 0.25) is 0 Å². The van der Waals surface area contributed by atoms with E-state index in [9.17, 15) is 0 Å². The lowest BCUT2D eigenvalue weighted by atomic mass is 9.88. The quantitative estimate of drug-likeness (QED) is 0.793. The highest BCUT2D eigenvalue weighted by molar-refractivity contribution is 8.00. The normalized spacial score (nSPS) is 17.9. The van der Waals surface area contributed by atoms with Crippen LogP contribution in [0.4, 0.5) is 0 Å². The lowest BCUT2D eigenvalue weighted by Gasteiger charge is -2.36. The topological polar surface area (TPSA) is 21.3 Å². The van der Waals surface area contributed by atoms with Gasteiger partial charge in [-0.25, -0.2) is 0 Å². The van der Waals surface area contributed by atoms with Crippen molar-refractivity contribution in [1.82, 2.24) is 5.32 Å². The lowest BCUT2D eigenvalue weighted by Crippen LogP contribution is -2.39. The van der Waals surface area contributed by atoms with Crippen molar-refractivity contribution in [2.75, 3.05) is 12.8 Å². The third-order valence-corrected chi connectivity index (χ3v) is 5.66. The summed E-state index contributed by atoms with van der Waals surface area (Å²) in [4.78, 5) is 0. The molecule has 1 aliphatic carbocycles. The van der Waals surface area contributed by atoms with Gasteiger partial charge in [0.15, 0.2) is 0 Å². The van der Waals surface area contributed by atoms with Crippen LogP contribution in [0, 0.1) is 0 Å². The van der Waals surface area contributed by atoms with Crippen LogP contribution in [0.1, 0.15) is 51.5 Å². The van der Waals surface area contributed by atoms with Crippen molar-refractivity contribution in [2.45, 2.75) is 63.3 Å². The molecule has 1 saturated carbocycles. The number of ether oxygens (including phenoxy) is 1.